The van der Waals surface area contributed by atoms with Gasteiger partial charge in [0.15, 0.2) is 12.0 Å². The third-order valence-electron chi connectivity index (χ3n) is 1.92. The maximum absolute atomic E-state index is 10.7. The maximum Gasteiger partial charge on any atom is 0.345 e. The Morgan fingerprint density at radius 1 is 1.31 bits per heavy atom. The first-order valence-corrected chi connectivity index (χ1v) is 4.56. The van der Waals surface area contributed by atoms with Crippen LogP contribution >= 0.6 is 0 Å². The number of aldehydes is 1. The number of H-pyrrole nitrogens is 1. The van der Waals surface area contributed by atoms with Gasteiger partial charge in [-0.1, -0.05) is 12.1 Å². The molecule has 0 saturated carbocycles. The molecule has 5 heteroatoms. The molecule has 2 aromatic rings. The highest BCUT2D eigenvalue weighted by molar-refractivity contribution is 5.79. The zero-order chi connectivity index (χ0) is 11.4. The van der Waals surface area contributed by atoms with Gasteiger partial charge in [0.1, 0.15) is 5.75 Å². The molecule has 0 aliphatic carbocycles. The zero-order valence-electron chi connectivity index (χ0n) is 8.21. The Kier molecular flexibility index (Phi) is 2.77. The third-order valence-corrected chi connectivity index (χ3v) is 1.92. The summed E-state index contributed by atoms with van der Waals surface area (Å²) in [6.07, 6.45) is 3.38. The predicted octanol–water partition coefficient (Wildman–Crippen LogP) is 1.37. The number of nitrogens with zero attached hydrogens (tertiary/aromatic N) is 1. The summed E-state index contributed by atoms with van der Waals surface area (Å²) >= 11 is 0. The van der Waals surface area contributed by atoms with Crippen LogP contribution in [0.2, 0.25) is 0 Å². The number of benzene rings is 1. The summed E-state index contributed by atoms with van der Waals surface area (Å²) in [6, 6.07) is 6.79. The molecule has 16 heavy (non-hydrogen) atoms. The van der Waals surface area contributed by atoms with Gasteiger partial charge in [-0.25, -0.2) is 4.79 Å². The highest BCUT2D eigenvalue weighted by Gasteiger charge is 2.03. The summed E-state index contributed by atoms with van der Waals surface area (Å²) in [5.74, 6) is 0.792. The minimum absolute atomic E-state index is 0.369. The van der Waals surface area contributed by atoms with Crippen molar-refractivity contribution in [2.24, 2.45) is 0 Å². The van der Waals surface area contributed by atoms with Crippen molar-refractivity contribution in [1.82, 2.24) is 9.97 Å². The van der Waals surface area contributed by atoms with Crippen LogP contribution in [0.1, 0.15) is 10.4 Å². The fourth-order valence-corrected chi connectivity index (χ4v) is 1.18. The first-order valence-electron chi connectivity index (χ1n) is 4.56. The molecule has 0 atom stereocenters. The van der Waals surface area contributed by atoms with Crippen molar-refractivity contribution in [2.45, 2.75) is 0 Å². The van der Waals surface area contributed by atoms with Crippen LogP contribution in [0.15, 0.2) is 41.5 Å². The fraction of sp³-hybridized carbons (Fsp3) is 0. The molecule has 1 aromatic carbocycles. The number of hydrogen-bond donors (Lipinski definition) is 1. The van der Waals surface area contributed by atoms with Gasteiger partial charge in [-0.15, -0.1) is 0 Å². The molecule has 0 unspecified atom stereocenters. The lowest BCUT2D eigenvalue weighted by Gasteiger charge is -2.05. The minimum Gasteiger partial charge on any atom is -0.453 e. The Balaban J connectivity index is 2.30. The Labute approximate surface area is 90.7 Å². The molecule has 1 heterocycles. The topological polar surface area (TPSA) is 72.0 Å². The first kappa shape index (κ1) is 10.1. The monoisotopic (exact) mass is 216 g/mol. The highest BCUT2D eigenvalue weighted by Crippen LogP contribution is 2.22. The van der Waals surface area contributed by atoms with Gasteiger partial charge in [0.05, 0.1) is 18.0 Å². The molecule has 0 saturated heterocycles. The zero-order valence-corrected chi connectivity index (χ0v) is 8.21. The highest BCUT2D eigenvalue weighted by atomic mass is 16.5. The van der Waals surface area contributed by atoms with Crippen molar-refractivity contribution in [3.63, 3.8) is 0 Å². The van der Waals surface area contributed by atoms with Crippen LogP contribution < -0.4 is 10.4 Å². The van der Waals surface area contributed by atoms with Crippen molar-refractivity contribution >= 4 is 6.29 Å². The second-order valence-corrected chi connectivity index (χ2v) is 3.01. The molecular formula is C11H8N2O3. The molecule has 0 amide bonds. The van der Waals surface area contributed by atoms with Crippen molar-refractivity contribution in [3.8, 4) is 11.5 Å². The Morgan fingerprint density at radius 2 is 2.12 bits per heavy atom. The van der Waals surface area contributed by atoms with Crippen molar-refractivity contribution in [2.75, 3.05) is 0 Å². The predicted molar refractivity (Wildman–Crippen MR) is 56.8 cm³/mol. The average molecular weight is 216 g/mol. The average Bonchev–Trinajstić information content (AvgIpc) is 2.33. The number of aromatic amines is 1. The van der Waals surface area contributed by atoms with E-state index in [-0.39, 0.29) is 0 Å². The largest absolute Gasteiger partial charge is 0.453 e. The second-order valence-electron chi connectivity index (χ2n) is 3.01. The summed E-state index contributed by atoms with van der Waals surface area (Å²) in [5.41, 5.74) is -0.00952. The minimum atomic E-state index is -0.448. The van der Waals surface area contributed by atoms with Gasteiger partial charge >= 0.3 is 5.69 Å². The van der Waals surface area contributed by atoms with Gasteiger partial charge in [0.2, 0.25) is 0 Å². The number of nitrogens with one attached hydrogen (secondary N) is 1. The van der Waals surface area contributed by atoms with E-state index in [1.165, 1.54) is 12.4 Å². The Morgan fingerprint density at radius 3 is 2.81 bits per heavy atom. The van der Waals surface area contributed by atoms with Crippen LogP contribution in [0, 0.1) is 0 Å². The lowest BCUT2D eigenvalue weighted by atomic mass is 10.2. The second kappa shape index (κ2) is 4.39. The summed E-state index contributed by atoms with van der Waals surface area (Å²) < 4.78 is 5.39. The van der Waals surface area contributed by atoms with Crippen LogP contribution in [0.5, 0.6) is 11.5 Å². The molecule has 80 valence electrons. The smallest absolute Gasteiger partial charge is 0.345 e. The number of para-hydroxylation sites is 1. The molecule has 0 spiro atoms. The molecule has 0 fully saturated rings. The van der Waals surface area contributed by atoms with Crippen molar-refractivity contribution < 1.29 is 9.53 Å². The van der Waals surface area contributed by atoms with Gasteiger partial charge in [-0.3, -0.25) is 4.79 Å². The van der Waals surface area contributed by atoms with Crippen molar-refractivity contribution in [3.05, 3.63) is 52.7 Å². The Bertz CT molecular complexity index is 543. The van der Waals surface area contributed by atoms with Crippen LogP contribution in [0.25, 0.3) is 0 Å². The van der Waals surface area contributed by atoms with Gasteiger partial charge in [-0.2, -0.15) is 4.98 Å². The number of ether oxygens (including phenoxy) is 1. The number of hydrogen-bond acceptors (Lipinski definition) is 4. The van der Waals surface area contributed by atoms with E-state index in [9.17, 15) is 9.59 Å². The van der Waals surface area contributed by atoms with Crippen LogP contribution in [-0.2, 0) is 0 Å². The lowest BCUT2D eigenvalue weighted by Crippen LogP contribution is -2.07. The van der Waals surface area contributed by atoms with E-state index in [0.717, 1.165) is 0 Å². The van der Waals surface area contributed by atoms with E-state index in [4.69, 9.17) is 4.74 Å². The normalized spacial score (nSPS) is 9.75. The van der Waals surface area contributed by atoms with E-state index in [1.807, 2.05) is 0 Å². The first-order chi connectivity index (χ1) is 7.79. The van der Waals surface area contributed by atoms with Gasteiger partial charge < -0.3 is 9.72 Å². The fourth-order valence-electron chi connectivity index (χ4n) is 1.18. The molecule has 5 nitrogen and oxygen atoms in total. The summed E-state index contributed by atoms with van der Waals surface area (Å²) in [5, 5.41) is 0. The Hall–Kier alpha value is -2.43. The van der Waals surface area contributed by atoms with Crippen LogP contribution in [0.3, 0.4) is 0 Å². The SMILES string of the molecule is O=Cc1ccccc1Oc1cnc(=O)[nH]c1. The van der Waals surface area contributed by atoms with Gasteiger partial charge in [-0.05, 0) is 12.1 Å². The molecule has 2 rings (SSSR count). The summed E-state index contributed by atoms with van der Waals surface area (Å²) in [4.78, 5) is 27.3. The molecule has 0 bridgehead atoms. The number of aromatic nitrogens is 2. The standard InChI is InChI=1S/C11H8N2O3/c14-7-8-3-1-2-4-10(8)16-9-5-12-11(15)13-6-9/h1-7H,(H,12,13,15). The molecular weight excluding hydrogens is 208 g/mol. The van der Waals surface area contributed by atoms with E-state index in [0.29, 0.717) is 23.3 Å². The molecule has 0 aliphatic rings. The number of rotatable bonds is 3. The maximum atomic E-state index is 10.7. The molecule has 1 N–H and O–H groups in total. The van der Waals surface area contributed by atoms with Crippen LogP contribution in [-0.4, -0.2) is 16.3 Å². The van der Waals surface area contributed by atoms with Crippen LogP contribution in [0.4, 0.5) is 0 Å². The lowest BCUT2D eigenvalue weighted by molar-refractivity contribution is 0.112. The van der Waals surface area contributed by atoms with Gasteiger partial charge in [0.25, 0.3) is 0 Å². The summed E-state index contributed by atoms with van der Waals surface area (Å²) in [7, 11) is 0. The van der Waals surface area contributed by atoms with E-state index in [2.05, 4.69) is 9.97 Å². The number of carbonyl (C=O) groups excluding carboxylic acids is 1. The number of carbonyl (C=O) groups is 1. The van der Waals surface area contributed by atoms with E-state index < -0.39 is 5.69 Å². The van der Waals surface area contributed by atoms with Gasteiger partial charge in [0, 0.05) is 0 Å². The molecule has 0 radical (unpaired) electrons. The van der Waals surface area contributed by atoms with Crippen molar-refractivity contribution in [1.29, 1.82) is 0 Å². The molecule has 0 aliphatic heterocycles. The van der Waals surface area contributed by atoms with E-state index >= 15 is 0 Å². The summed E-state index contributed by atoms with van der Waals surface area (Å²) in [6.45, 7) is 0. The van der Waals surface area contributed by atoms with E-state index in [1.54, 1.807) is 24.3 Å². The quantitative estimate of drug-likeness (QED) is 0.786. The molecule has 1 aromatic heterocycles. The third kappa shape index (κ3) is 2.14.